The fraction of sp³-hybridized carbons (Fsp3) is 0.600. The lowest BCUT2D eigenvalue weighted by Gasteiger charge is -2.27. The summed E-state index contributed by atoms with van der Waals surface area (Å²) in [5, 5.41) is 3.12. The highest BCUT2D eigenvalue weighted by Crippen LogP contribution is 2.14. The Labute approximate surface area is 114 Å². The second-order valence-corrected chi connectivity index (χ2v) is 5.16. The first kappa shape index (κ1) is 14.3. The van der Waals surface area contributed by atoms with Crippen LogP contribution < -0.4 is 5.32 Å². The second kappa shape index (κ2) is 7.46. The topological polar surface area (TPSA) is 24.5 Å². The molecule has 106 valence electrons. The van der Waals surface area contributed by atoms with Gasteiger partial charge < -0.3 is 15.0 Å². The summed E-state index contributed by atoms with van der Waals surface area (Å²) >= 11 is 0. The SMILES string of the molecule is CN(CCNc1ccccc1F)CC1CCCCO1. The van der Waals surface area contributed by atoms with Crippen LogP contribution >= 0.6 is 0 Å². The Morgan fingerprint density at radius 1 is 1.37 bits per heavy atom. The van der Waals surface area contributed by atoms with E-state index in [0.29, 0.717) is 11.8 Å². The smallest absolute Gasteiger partial charge is 0.146 e. The summed E-state index contributed by atoms with van der Waals surface area (Å²) in [5.74, 6) is -0.194. The molecule has 3 nitrogen and oxygen atoms in total. The van der Waals surface area contributed by atoms with Gasteiger partial charge in [0.2, 0.25) is 0 Å². The Kier molecular flexibility index (Phi) is 5.61. The molecule has 0 saturated carbocycles. The van der Waals surface area contributed by atoms with E-state index in [4.69, 9.17) is 4.74 Å². The summed E-state index contributed by atoms with van der Waals surface area (Å²) in [6, 6.07) is 6.78. The summed E-state index contributed by atoms with van der Waals surface area (Å²) in [4.78, 5) is 2.24. The number of hydrogen-bond donors (Lipinski definition) is 1. The van der Waals surface area contributed by atoms with Gasteiger partial charge in [-0.25, -0.2) is 4.39 Å². The Balaban J connectivity index is 1.66. The van der Waals surface area contributed by atoms with Gasteiger partial charge in [0.15, 0.2) is 0 Å². The molecule has 0 aromatic heterocycles. The number of halogens is 1. The van der Waals surface area contributed by atoms with E-state index in [9.17, 15) is 4.39 Å². The number of likely N-dealkylation sites (N-methyl/N-ethyl adjacent to an activating group) is 1. The summed E-state index contributed by atoms with van der Waals surface area (Å²) in [5.41, 5.74) is 0.574. The van der Waals surface area contributed by atoms with E-state index >= 15 is 0 Å². The monoisotopic (exact) mass is 266 g/mol. The molecule has 1 aliphatic heterocycles. The molecule has 0 amide bonds. The molecule has 1 aromatic rings. The number of para-hydroxylation sites is 1. The Morgan fingerprint density at radius 2 is 2.21 bits per heavy atom. The Bertz CT molecular complexity index is 380. The molecule has 0 radical (unpaired) electrons. The lowest BCUT2D eigenvalue weighted by atomic mass is 10.1. The molecular weight excluding hydrogens is 243 g/mol. The predicted octanol–water partition coefficient (Wildman–Crippen LogP) is 2.74. The summed E-state index contributed by atoms with van der Waals surface area (Å²) in [7, 11) is 2.08. The van der Waals surface area contributed by atoms with E-state index in [1.54, 1.807) is 12.1 Å². The van der Waals surface area contributed by atoms with E-state index in [0.717, 1.165) is 32.7 Å². The number of rotatable bonds is 6. The van der Waals surface area contributed by atoms with Crippen LogP contribution in [0.15, 0.2) is 24.3 Å². The number of benzene rings is 1. The molecule has 1 atom stereocenters. The van der Waals surface area contributed by atoms with Gasteiger partial charge in [0.25, 0.3) is 0 Å². The molecular formula is C15H23FN2O. The average molecular weight is 266 g/mol. The minimum absolute atomic E-state index is 0.194. The molecule has 1 aromatic carbocycles. The normalized spacial score (nSPS) is 19.6. The molecule has 1 fully saturated rings. The van der Waals surface area contributed by atoms with Crippen molar-refractivity contribution in [2.75, 3.05) is 38.6 Å². The first-order chi connectivity index (χ1) is 9.25. The highest BCUT2D eigenvalue weighted by molar-refractivity contribution is 5.44. The molecule has 0 aliphatic carbocycles. The third-order valence-corrected chi connectivity index (χ3v) is 3.47. The lowest BCUT2D eigenvalue weighted by Crippen LogP contribution is -2.35. The van der Waals surface area contributed by atoms with Crippen LogP contribution in [0.4, 0.5) is 10.1 Å². The van der Waals surface area contributed by atoms with Gasteiger partial charge in [0.05, 0.1) is 11.8 Å². The fourth-order valence-electron chi connectivity index (χ4n) is 2.38. The molecule has 1 saturated heterocycles. The number of ether oxygens (including phenoxy) is 1. The van der Waals surface area contributed by atoms with Crippen LogP contribution in [-0.4, -0.2) is 44.3 Å². The van der Waals surface area contributed by atoms with Crippen molar-refractivity contribution in [3.8, 4) is 0 Å². The fourth-order valence-corrected chi connectivity index (χ4v) is 2.38. The highest BCUT2D eigenvalue weighted by Gasteiger charge is 2.15. The van der Waals surface area contributed by atoms with Crippen molar-refractivity contribution in [2.24, 2.45) is 0 Å². The zero-order valence-electron chi connectivity index (χ0n) is 11.6. The molecule has 2 rings (SSSR count). The van der Waals surface area contributed by atoms with Crippen molar-refractivity contribution in [1.29, 1.82) is 0 Å². The number of hydrogen-bond acceptors (Lipinski definition) is 3. The van der Waals surface area contributed by atoms with Crippen molar-refractivity contribution in [3.05, 3.63) is 30.1 Å². The van der Waals surface area contributed by atoms with E-state index in [1.807, 2.05) is 6.07 Å². The van der Waals surface area contributed by atoms with Crippen molar-refractivity contribution in [3.63, 3.8) is 0 Å². The predicted molar refractivity (Wildman–Crippen MR) is 76.0 cm³/mol. The van der Waals surface area contributed by atoms with Gasteiger partial charge in [0.1, 0.15) is 5.82 Å². The maximum Gasteiger partial charge on any atom is 0.146 e. The van der Waals surface area contributed by atoms with E-state index in [2.05, 4.69) is 17.3 Å². The quantitative estimate of drug-likeness (QED) is 0.857. The highest BCUT2D eigenvalue weighted by atomic mass is 19.1. The van der Waals surface area contributed by atoms with Gasteiger partial charge in [0, 0.05) is 26.2 Å². The number of anilines is 1. The second-order valence-electron chi connectivity index (χ2n) is 5.16. The van der Waals surface area contributed by atoms with Gasteiger partial charge in [-0.2, -0.15) is 0 Å². The summed E-state index contributed by atoms with van der Waals surface area (Å²) in [6.45, 7) is 3.48. The van der Waals surface area contributed by atoms with Crippen LogP contribution in [-0.2, 0) is 4.74 Å². The maximum atomic E-state index is 13.4. The Hall–Kier alpha value is -1.13. The third kappa shape index (κ3) is 4.80. The van der Waals surface area contributed by atoms with Crippen molar-refractivity contribution < 1.29 is 9.13 Å². The zero-order chi connectivity index (χ0) is 13.5. The first-order valence-electron chi connectivity index (χ1n) is 7.04. The minimum Gasteiger partial charge on any atom is -0.381 e. The van der Waals surface area contributed by atoms with Crippen LogP contribution in [0.5, 0.6) is 0 Å². The van der Waals surface area contributed by atoms with Crippen molar-refractivity contribution in [2.45, 2.75) is 25.4 Å². The van der Waals surface area contributed by atoms with Gasteiger partial charge in [-0.3, -0.25) is 0 Å². The molecule has 4 heteroatoms. The van der Waals surface area contributed by atoms with Gasteiger partial charge in [-0.05, 0) is 38.4 Å². The number of nitrogens with zero attached hydrogens (tertiary/aromatic N) is 1. The summed E-state index contributed by atoms with van der Waals surface area (Å²) < 4.78 is 19.1. The first-order valence-corrected chi connectivity index (χ1v) is 7.04. The zero-order valence-corrected chi connectivity index (χ0v) is 11.6. The maximum absolute atomic E-state index is 13.4. The average Bonchev–Trinajstić information content (AvgIpc) is 2.42. The number of nitrogens with one attached hydrogen (secondary N) is 1. The Morgan fingerprint density at radius 3 is 2.95 bits per heavy atom. The largest absolute Gasteiger partial charge is 0.381 e. The molecule has 0 bridgehead atoms. The van der Waals surface area contributed by atoms with E-state index in [1.165, 1.54) is 18.9 Å². The van der Waals surface area contributed by atoms with Crippen LogP contribution in [0.3, 0.4) is 0 Å². The molecule has 1 unspecified atom stereocenters. The molecule has 1 aliphatic rings. The summed E-state index contributed by atoms with van der Waals surface area (Å²) in [6.07, 6.45) is 3.98. The van der Waals surface area contributed by atoms with Crippen molar-refractivity contribution >= 4 is 5.69 Å². The minimum atomic E-state index is -0.194. The van der Waals surface area contributed by atoms with Crippen molar-refractivity contribution in [1.82, 2.24) is 4.90 Å². The van der Waals surface area contributed by atoms with E-state index < -0.39 is 0 Å². The van der Waals surface area contributed by atoms with Crippen LogP contribution in [0.2, 0.25) is 0 Å². The standard InChI is InChI=1S/C15H23FN2O/c1-18(12-13-6-4-5-11-19-13)10-9-17-15-8-3-2-7-14(15)16/h2-3,7-8,13,17H,4-6,9-12H2,1H3. The molecule has 1 N–H and O–H groups in total. The van der Waals surface area contributed by atoms with Crippen LogP contribution in [0.25, 0.3) is 0 Å². The lowest BCUT2D eigenvalue weighted by molar-refractivity contribution is -0.000837. The van der Waals surface area contributed by atoms with Crippen LogP contribution in [0.1, 0.15) is 19.3 Å². The van der Waals surface area contributed by atoms with Gasteiger partial charge >= 0.3 is 0 Å². The molecule has 1 heterocycles. The van der Waals surface area contributed by atoms with Gasteiger partial charge in [-0.1, -0.05) is 12.1 Å². The van der Waals surface area contributed by atoms with E-state index in [-0.39, 0.29) is 5.82 Å². The molecule has 0 spiro atoms. The van der Waals surface area contributed by atoms with Gasteiger partial charge in [-0.15, -0.1) is 0 Å². The molecule has 19 heavy (non-hydrogen) atoms. The third-order valence-electron chi connectivity index (χ3n) is 3.47. The van der Waals surface area contributed by atoms with Crippen LogP contribution in [0, 0.1) is 5.82 Å².